The van der Waals surface area contributed by atoms with Crippen LogP contribution in [-0.4, -0.2) is 46.0 Å². The molecule has 0 spiro atoms. The van der Waals surface area contributed by atoms with Crippen molar-refractivity contribution >= 4 is 0 Å². The molecule has 0 aliphatic rings. The van der Waals surface area contributed by atoms with Crippen LogP contribution >= 0.6 is 0 Å². The van der Waals surface area contributed by atoms with Gasteiger partial charge in [-0.1, -0.05) is 36.4 Å². The maximum Gasteiger partial charge on any atom is 0.119 e. The number of hydrogen-bond donors (Lipinski definition) is 9. The van der Waals surface area contributed by atoms with Gasteiger partial charge in [0.15, 0.2) is 0 Å². The molecule has 0 bridgehead atoms. The minimum Gasteiger partial charge on any atom is -0.508 e. The van der Waals surface area contributed by atoms with Crippen LogP contribution in [0.4, 0.5) is 0 Å². The third-order valence-electron chi connectivity index (χ3n) is 9.18. The van der Waals surface area contributed by atoms with Crippen LogP contribution in [0.1, 0.15) is 0 Å². The minimum atomic E-state index is -0.109. The average molecular weight is 757 g/mol. The topological polar surface area (TPSA) is 182 Å². The van der Waals surface area contributed by atoms with Crippen molar-refractivity contribution in [3.8, 4) is 119 Å². The van der Waals surface area contributed by atoms with Crippen LogP contribution in [0.15, 0.2) is 164 Å². The van der Waals surface area contributed by atoms with Gasteiger partial charge < -0.3 is 46.0 Å². The Morgan fingerprint density at radius 2 is 0.298 bits per heavy atom. The molecular formula is C48H36O9. The van der Waals surface area contributed by atoms with Crippen molar-refractivity contribution in [2.45, 2.75) is 0 Å². The van der Waals surface area contributed by atoms with Gasteiger partial charge in [-0.05, 0) is 176 Å². The van der Waals surface area contributed by atoms with E-state index in [1.165, 1.54) is 54.6 Å². The lowest BCUT2D eigenvalue weighted by Gasteiger charge is -2.13. The van der Waals surface area contributed by atoms with Crippen LogP contribution in [-0.2, 0) is 0 Å². The Bertz CT molecular complexity index is 2320. The van der Waals surface area contributed by atoms with E-state index in [-0.39, 0.29) is 51.7 Å². The molecule has 9 heteroatoms. The highest BCUT2D eigenvalue weighted by Crippen LogP contribution is 2.39. The SMILES string of the molecule is Oc1cc(O)cc(-c2cc(-c3cc(O)cc(O)c3)cc(-c3cc(O)cc(O)c3)c2)c1.Oc1ccc(-c2cc(-c3ccc(O)cc3)cc(-c3ccc(O)cc3)c2)cc1. The van der Waals surface area contributed by atoms with E-state index >= 15 is 0 Å². The van der Waals surface area contributed by atoms with Crippen molar-refractivity contribution in [2.75, 3.05) is 0 Å². The lowest BCUT2D eigenvalue weighted by molar-refractivity contribution is 0.450. The van der Waals surface area contributed by atoms with Gasteiger partial charge in [0.1, 0.15) is 51.7 Å². The summed E-state index contributed by atoms with van der Waals surface area (Å²) in [4.78, 5) is 0. The van der Waals surface area contributed by atoms with Crippen molar-refractivity contribution in [3.05, 3.63) is 164 Å². The van der Waals surface area contributed by atoms with Crippen LogP contribution in [0.2, 0.25) is 0 Å². The van der Waals surface area contributed by atoms with Gasteiger partial charge in [0, 0.05) is 18.2 Å². The summed E-state index contributed by atoms with van der Waals surface area (Å²) in [6.45, 7) is 0. The standard InChI is InChI=1S/C24H18O6.C24H18O3/c25-19-4-16(5-20(26)10-19)13-1-14(17-6-21(27)11-22(28)7-17)3-15(2-13)18-8-23(29)12-24(30)9-18;25-22-7-1-16(2-8-22)19-13-20(17-3-9-23(26)10-4-17)15-21(14-19)18-5-11-24(27)12-6-18/h1-12,25-30H;1-15,25-27H. The van der Waals surface area contributed by atoms with E-state index in [1.807, 2.05) is 36.4 Å². The van der Waals surface area contributed by atoms with Crippen LogP contribution < -0.4 is 0 Å². The summed E-state index contributed by atoms with van der Waals surface area (Å²) in [7, 11) is 0. The predicted molar refractivity (Wildman–Crippen MR) is 220 cm³/mol. The maximum atomic E-state index is 9.88. The molecular weight excluding hydrogens is 721 g/mol. The molecule has 0 amide bonds. The summed E-state index contributed by atoms with van der Waals surface area (Å²) in [5, 5.41) is 88.0. The molecule has 0 aromatic heterocycles. The summed E-state index contributed by atoms with van der Waals surface area (Å²) in [6.07, 6.45) is 0. The molecule has 0 saturated carbocycles. The second-order valence-electron chi connectivity index (χ2n) is 13.5. The van der Waals surface area contributed by atoms with Gasteiger partial charge in [0.2, 0.25) is 0 Å². The Hall–Kier alpha value is -8.04. The molecule has 282 valence electrons. The van der Waals surface area contributed by atoms with E-state index in [1.54, 1.807) is 54.6 Å². The maximum absolute atomic E-state index is 9.88. The zero-order valence-corrected chi connectivity index (χ0v) is 30.1. The van der Waals surface area contributed by atoms with E-state index in [0.717, 1.165) is 33.4 Å². The van der Waals surface area contributed by atoms with E-state index in [2.05, 4.69) is 18.2 Å². The molecule has 8 rings (SSSR count). The van der Waals surface area contributed by atoms with Gasteiger partial charge in [-0.3, -0.25) is 0 Å². The van der Waals surface area contributed by atoms with Crippen LogP contribution in [0, 0.1) is 0 Å². The first kappa shape index (κ1) is 37.3. The Morgan fingerprint density at radius 3 is 0.491 bits per heavy atom. The van der Waals surface area contributed by atoms with Gasteiger partial charge in [-0.25, -0.2) is 0 Å². The van der Waals surface area contributed by atoms with Gasteiger partial charge in [0.05, 0.1) is 0 Å². The Morgan fingerprint density at radius 1 is 0.140 bits per heavy atom. The molecule has 0 fully saturated rings. The average Bonchev–Trinajstić information content (AvgIpc) is 3.17. The normalized spacial score (nSPS) is 10.7. The fourth-order valence-corrected chi connectivity index (χ4v) is 6.50. The third kappa shape index (κ3) is 9.02. The summed E-state index contributed by atoms with van der Waals surface area (Å²) in [5.74, 6) is 0.0308. The number of phenols is 9. The van der Waals surface area contributed by atoms with E-state index < -0.39 is 0 Å². The Balaban J connectivity index is 0.000000175. The van der Waals surface area contributed by atoms with Crippen molar-refractivity contribution < 1.29 is 46.0 Å². The van der Waals surface area contributed by atoms with Gasteiger partial charge in [-0.15, -0.1) is 0 Å². The summed E-state index contributed by atoms with van der Waals surface area (Å²) in [5.41, 5.74) is 9.50. The van der Waals surface area contributed by atoms with E-state index in [9.17, 15) is 46.0 Å². The summed E-state index contributed by atoms with van der Waals surface area (Å²) < 4.78 is 0. The summed E-state index contributed by atoms with van der Waals surface area (Å²) >= 11 is 0. The number of phenolic OH excluding ortho intramolecular Hbond substituents is 9. The molecule has 8 aromatic carbocycles. The molecule has 0 aliphatic heterocycles. The Kier molecular flexibility index (Phi) is 10.3. The minimum absolute atomic E-state index is 0.109. The number of benzene rings is 8. The van der Waals surface area contributed by atoms with Crippen LogP contribution in [0.3, 0.4) is 0 Å². The molecule has 0 radical (unpaired) electrons. The van der Waals surface area contributed by atoms with Crippen molar-refractivity contribution in [1.29, 1.82) is 0 Å². The monoisotopic (exact) mass is 756 g/mol. The highest BCUT2D eigenvalue weighted by molar-refractivity contribution is 5.84. The van der Waals surface area contributed by atoms with E-state index in [4.69, 9.17) is 0 Å². The second-order valence-corrected chi connectivity index (χ2v) is 13.5. The molecule has 0 unspecified atom stereocenters. The highest BCUT2D eigenvalue weighted by Gasteiger charge is 2.13. The fraction of sp³-hybridized carbons (Fsp3) is 0. The van der Waals surface area contributed by atoms with Crippen molar-refractivity contribution in [2.24, 2.45) is 0 Å². The Labute approximate surface area is 327 Å². The largest absolute Gasteiger partial charge is 0.508 e. The first-order chi connectivity index (χ1) is 27.3. The number of aromatic hydroxyl groups is 9. The first-order valence-corrected chi connectivity index (χ1v) is 17.6. The molecule has 8 aromatic rings. The van der Waals surface area contributed by atoms with Gasteiger partial charge in [0.25, 0.3) is 0 Å². The molecule has 0 saturated heterocycles. The zero-order valence-electron chi connectivity index (χ0n) is 30.1. The molecule has 57 heavy (non-hydrogen) atoms. The number of hydrogen-bond acceptors (Lipinski definition) is 9. The lowest BCUT2D eigenvalue weighted by atomic mass is 9.93. The smallest absolute Gasteiger partial charge is 0.119 e. The first-order valence-electron chi connectivity index (χ1n) is 17.6. The quantitative estimate of drug-likeness (QED) is 0.0797. The zero-order chi connectivity index (χ0) is 40.2. The van der Waals surface area contributed by atoms with Crippen molar-refractivity contribution in [1.82, 2.24) is 0 Å². The molecule has 9 N–H and O–H groups in total. The lowest BCUT2D eigenvalue weighted by Crippen LogP contribution is -1.87. The van der Waals surface area contributed by atoms with Gasteiger partial charge >= 0.3 is 0 Å². The van der Waals surface area contributed by atoms with E-state index in [0.29, 0.717) is 33.4 Å². The van der Waals surface area contributed by atoms with Crippen LogP contribution in [0.25, 0.3) is 66.8 Å². The van der Waals surface area contributed by atoms with Gasteiger partial charge in [-0.2, -0.15) is 0 Å². The number of rotatable bonds is 6. The third-order valence-corrected chi connectivity index (χ3v) is 9.18. The molecule has 9 nitrogen and oxygen atoms in total. The molecule has 0 heterocycles. The second kappa shape index (κ2) is 15.7. The molecule has 0 aliphatic carbocycles. The van der Waals surface area contributed by atoms with Crippen LogP contribution in [0.5, 0.6) is 51.7 Å². The highest BCUT2D eigenvalue weighted by atomic mass is 16.3. The molecule has 0 atom stereocenters. The van der Waals surface area contributed by atoms with Crippen molar-refractivity contribution in [3.63, 3.8) is 0 Å². The summed E-state index contributed by atoms with van der Waals surface area (Å²) in [6, 6.07) is 45.5. The fourth-order valence-electron chi connectivity index (χ4n) is 6.50. The predicted octanol–water partition coefficient (Wildman–Crippen LogP) is 10.7.